The third-order valence-corrected chi connectivity index (χ3v) is 8.78. The van der Waals surface area contributed by atoms with E-state index in [1.54, 1.807) is 0 Å². The first kappa shape index (κ1) is 25.8. The normalized spacial score (nSPS) is 19.9. The molecule has 0 aromatic heterocycles. The second kappa shape index (κ2) is 12.6. The summed E-state index contributed by atoms with van der Waals surface area (Å²) in [5.74, 6) is -0.243. The van der Waals surface area contributed by atoms with Gasteiger partial charge in [0.25, 0.3) is 0 Å². The Balaban J connectivity index is 1.22. The van der Waals surface area contributed by atoms with Crippen molar-refractivity contribution in [1.82, 2.24) is 14.5 Å². The van der Waals surface area contributed by atoms with Crippen molar-refractivity contribution in [2.24, 2.45) is 5.92 Å². The summed E-state index contributed by atoms with van der Waals surface area (Å²) in [4.78, 5) is 15.2. The number of morpholine rings is 1. The van der Waals surface area contributed by atoms with E-state index in [4.69, 9.17) is 4.74 Å². The number of ether oxygens (including phenoxy) is 1. The first-order valence-corrected chi connectivity index (χ1v) is 14.3. The largest absolute Gasteiger partial charge is 0.379 e. The van der Waals surface area contributed by atoms with Crippen molar-refractivity contribution in [3.05, 3.63) is 71.3 Å². The molecular weight excluding hydrogens is 462 g/mol. The molecule has 0 spiro atoms. The number of carbonyl (C=O) groups is 1. The van der Waals surface area contributed by atoms with Crippen molar-refractivity contribution in [3.8, 4) is 0 Å². The number of benzene rings is 2. The lowest BCUT2D eigenvalue weighted by atomic mass is 9.98. The molecule has 4 rings (SSSR count). The molecule has 1 amide bonds. The van der Waals surface area contributed by atoms with Crippen LogP contribution in [0.25, 0.3) is 0 Å². The van der Waals surface area contributed by atoms with Crippen molar-refractivity contribution < 1.29 is 17.9 Å². The number of amides is 1. The van der Waals surface area contributed by atoms with Crippen molar-refractivity contribution in [2.75, 3.05) is 45.1 Å². The van der Waals surface area contributed by atoms with E-state index in [-0.39, 0.29) is 24.1 Å². The maximum Gasteiger partial charge on any atom is 0.224 e. The van der Waals surface area contributed by atoms with Crippen LogP contribution in [-0.2, 0) is 39.1 Å². The van der Waals surface area contributed by atoms with E-state index in [0.717, 1.165) is 56.8 Å². The van der Waals surface area contributed by atoms with Crippen LogP contribution in [0.4, 0.5) is 0 Å². The highest BCUT2D eigenvalue weighted by Crippen LogP contribution is 2.21. The van der Waals surface area contributed by atoms with Crippen molar-refractivity contribution >= 4 is 15.9 Å². The predicted molar refractivity (Wildman–Crippen MR) is 137 cm³/mol. The topological polar surface area (TPSA) is 79.0 Å². The third-order valence-electron chi connectivity index (χ3n) is 6.86. The van der Waals surface area contributed by atoms with Crippen LogP contribution < -0.4 is 5.32 Å². The molecule has 35 heavy (non-hydrogen) atoms. The van der Waals surface area contributed by atoms with Crippen LogP contribution in [-0.4, -0.2) is 68.7 Å². The summed E-state index contributed by atoms with van der Waals surface area (Å²) in [7, 11) is -3.36. The summed E-state index contributed by atoms with van der Waals surface area (Å²) < 4.78 is 32.7. The number of nitrogens with zero attached hydrogens (tertiary/aromatic N) is 2. The zero-order valence-corrected chi connectivity index (χ0v) is 21.2. The van der Waals surface area contributed by atoms with Crippen LogP contribution in [0.15, 0.2) is 54.6 Å². The SMILES string of the molecule is O=C(NCc1ccc(CN2CCOCC2)cc1)[C@H]1CCCN(S(=O)(=O)CCCc2ccccc2)C1. The molecule has 7 nitrogen and oxygen atoms in total. The van der Waals surface area contributed by atoms with Crippen LogP contribution in [0.1, 0.15) is 36.0 Å². The van der Waals surface area contributed by atoms with E-state index in [9.17, 15) is 13.2 Å². The molecule has 2 heterocycles. The average Bonchev–Trinajstić information content (AvgIpc) is 2.89. The molecular formula is C27H37N3O4S. The van der Waals surface area contributed by atoms with Gasteiger partial charge in [0.2, 0.25) is 15.9 Å². The summed E-state index contributed by atoms with van der Waals surface area (Å²) in [5.41, 5.74) is 3.44. The van der Waals surface area contributed by atoms with E-state index >= 15 is 0 Å². The lowest BCUT2D eigenvalue weighted by molar-refractivity contribution is -0.126. The number of nitrogens with one attached hydrogen (secondary N) is 1. The Morgan fingerprint density at radius 3 is 2.40 bits per heavy atom. The minimum absolute atomic E-state index is 0.0634. The van der Waals surface area contributed by atoms with Crippen LogP contribution in [0, 0.1) is 5.92 Å². The molecule has 0 saturated carbocycles. The highest BCUT2D eigenvalue weighted by Gasteiger charge is 2.31. The van der Waals surface area contributed by atoms with Crippen LogP contribution >= 0.6 is 0 Å². The highest BCUT2D eigenvalue weighted by atomic mass is 32.2. The fourth-order valence-electron chi connectivity index (χ4n) is 4.76. The van der Waals surface area contributed by atoms with Crippen LogP contribution in [0.2, 0.25) is 0 Å². The molecule has 2 aliphatic heterocycles. The standard InChI is InChI=1S/C27H37N3O4S/c31-27(28-20-24-10-12-25(13-11-24)21-29-15-17-34-18-16-29)26-9-4-14-30(22-26)35(32,33)19-5-8-23-6-2-1-3-7-23/h1-3,6-7,10-13,26H,4-5,8-9,14-22H2,(H,28,31)/t26-/m0/s1. The minimum atomic E-state index is -3.36. The van der Waals surface area contributed by atoms with E-state index in [0.29, 0.717) is 25.9 Å². The zero-order chi connectivity index (χ0) is 24.5. The first-order chi connectivity index (χ1) is 17.0. The zero-order valence-electron chi connectivity index (χ0n) is 20.4. The molecule has 1 N–H and O–H groups in total. The Hall–Kier alpha value is -2.26. The maximum absolute atomic E-state index is 12.9. The van der Waals surface area contributed by atoms with Gasteiger partial charge in [-0.25, -0.2) is 12.7 Å². The number of piperidine rings is 1. The van der Waals surface area contributed by atoms with Crippen molar-refractivity contribution in [1.29, 1.82) is 0 Å². The van der Waals surface area contributed by atoms with Crippen LogP contribution in [0.5, 0.6) is 0 Å². The maximum atomic E-state index is 12.9. The summed E-state index contributed by atoms with van der Waals surface area (Å²) >= 11 is 0. The molecule has 8 heteroatoms. The van der Waals surface area contributed by atoms with E-state index < -0.39 is 10.0 Å². The smallest absolute Gasteiger partial charge is 0.224 e. The second-order valence-electron chi connectivity index (χ2n) is 9.53. The molecule has 2 aromatic rings. The summed E-state index contributed by atoms with van der Waals surface area (Å²) in [5, 5.41) is 3.02. The molecule has 2 aliphatic rings. The van der Waals surface area contributed by atoms with E-state index in [1.807, 2.05) is 30.3 Å². The molecule has 2 aromatic carbocycles. The molecule has 1 atom stereocenters. The summed E-state index contributed by atoms with van der Waals surface area (Å²) in [6.45, 7) is 5.64. The Labute approximate surface area is 209 Å². The van der Waals surface area contributed by atoms with Gasteiger partial charge < -0.3 is 10.1 Å². The molecule has 0 unspecified atom stereocenters. The van der Waals surface area contributed by atoms with Crippen molar-refractivity contribution in [3.63, 3.8) is 0 Å². The lowest BCUT2D eigenvalue weighted by Gasteiger charge is -2.31. The monoisotopic (exact) mass is 499 g/mol. The van der Waals surface area contributed by atoms with Gasteiger partial charge in [0.15, 0.2) is 0 Å². The summed E-state index contributed by atoms with van der Waals surface area (Å²) in [6, 6.07) is 18.3. The fourth-order valence-corrected chi connectivity index (χ4v) is 6.34. The Kier molecular flexibility index (Phi) is 9.31. The van der Waals surface area contributed by atoms with Gasteiger partial charge in [0.1, 0.15) is 0 Å². The average molecular weight is 500 g/mol. The van der Waals surface area contributed by atoms with Gasteiger partial charge in [0.05, 0.1) is 24.9 Å². The predicted octanol–water partition coefficient (Wildman–Crippen LogP) is 2.81. The quantitative estimate of drug-likeness (QED) is 0.544. The Morgan fingerprint density at radius 2 is 1.66 bits per heavy atom. The Morgan fingerprint density at radius 1 is 0.943 bits per heavy atom. The van der Waals surface area contributed by atoms with Crippen LogP contribution in [0.3, 0.4) is 0 Å². The van der Waals surface area contributed by atoms with Gasteiger partial charge in [-0.05, 0) is 42.4 Å². The molecule has 2 fully saturated rings. The number of hydrogen-bond acceptors (Lipinski definition) is 5. The lowest BCUT2D eigenvalue weighted by Crippen LogP contribution is -2.46. The van der Waals surface area contributed by atoms with Gasteiger partial charge >= 0.3 is 0 Å². The Bertz CT molecular complexity index is 1040. The number of carbonyl (C=O) groups excluding carboxylic acids is 1. The number of hydrogen-bond donors (Lipinski definition) is 1. The van der Waals surface area contributed by atoms with E-state index in [1.165, 1.54) is 9.87 Å². The third kappa shape index (κ3) is 7.87. The van der Waals surface area contributed by atoms with Crippen molar-refractivity contribution in [2.45, 2.75) is 38.8 Å². The second-order valence-corrected chi connectivity index (χ2v) is 11.6. The molecule has 0 bridgehead atoms. The number of sulfonamides is 1. The first-order valence-electron chi connectivity index (χ1n) is 12.7. The van der Waals surface area contributed by atoms with Gasteiger partial charge in [0, 0.05) is 39.3 Å². The fraction of sp³-hybridized carbons (Fsp3) is 0.519. The molecule has 2 saturated heterocycles. The summed E-state index contributed by atoms with van der Waals surface area (Å²) in [6.07, 6.45) is 2.76. The number of rotatable bonds is 10. The van der Waals surface area contributed by atoms with Gasteiger partial charge in [-0.3, -0.25) is 9.69 Å². The minimum Gasteiger partial charge on any atom is -0.379 e. The van der Waals surface area contributed by atoms with E-state index in [2.05, 4.69) is 34.5 Å². The molecule has 0 radical (unpaired) electrons. The van der Waals surface area contributed by atoms with Gasteiger partial charge in [-0.2, -0.15) is 0 Å². The molecule has 190 valence electrons. The van der Waals surface area contributed by atoms with Gasteiger partial charge in [-0.1, -0.05) is 54.6 Å². The molecule has 0 aliphatic carbocycles. The number of aryl methyl sites for hydroxylation is 1. The van der Waals surface area contributed by atoms with Gasteiger partial charge in [-0.15, -0.1) is 0 Å². The highest BCUT2D eigenvalue weighted by molar-refractivity contribution is 7.89.